The lowest BCUT2D eigenvalue weighted by Gasteiger charge is -2.42. The molecule has 3 saturated heterocycles. The molecule has 12 heteroatoms. The Bertz CT molecular complexity index is 1510. The van der Waals surface area contributed by atoms with E-state index in [0.29, 0.717) is 23.7 Å². The average molecular weight is 562 g/mol. The first-order valence-corrected chi connectivity index (χ1v) is 14.2. The number of anilines is 1. The SMILES string of the molecule is O=C1CCN(N2Cc3cc(CN4CCC(N5CCN(c6noc7cc(F)ccc67)CC5)CC4)ccc3C2=O)C(=O)N1. The van der Waals surface area contributed by atoms with Gasteiger partial charge in [-0.05, 0) is 55.3 Å². The molecule has 0 aliphatic carbocycles. The fourth-order valence-electron chi connectivity index (χ4n) is 6.56. The van der Waals surface area contributed by atoms with E-state index < -0.39 is 6.03 Å². The Balaban J connectivity index is 0.911. The average Bonchev–Trinajstić information content (AvgIpc) is 3.54. The van der Waals surface area contributed by atoms with Gasteiger partial charge in [-0.3, -0.25) is 24.7 Å². The van der Waals surface area contributed by atoms with Crippen LogP contribution in [-0.4, -0.2) is 94.7 Å². The number of rotatable bonds is 5. The first-order chi connectivity index (χ1) is 19.9. The van der Waals surface area contributed by atoms with Gasteiger partial charge in [0.2, 0.25) is 5.91 Å². The summed E-state index contributed by atoms with van der Waals surface area (Å²) >= 11 is 0. The molecule has 1 aromatic heterocycles. The second-order valence-corrected chi connectivity index (χ2v) is 11.3. The molecule has 11 nitrogen and oxygen atoms in total. The highest BCUT2D eigenvalue weighted by Gasteiger charge is 2.37. The lowest BCUT2D eigenvalue weighted by Crippen LogP contribution is -2.56. The first-order valence-electron chi connectivity index (χ1n) is 14.2. The number of aromatic nitrogens is 1. The van der Waals surface area contributed by atoms with E-state index in [1.54, 1.807) is 6.07 Å². The summed E-state index contributed by atoms with van der Waals surface area (Å²) < 4.78 is 18.9. The molecule has 3 aromatic rings. The third-order valence-corrected chi connectivity index (χ3v) is 8.79. The minimum absolute atomic E-state index is 0.184. The highest BCUT2D eigenvalue weighted by atomic mass is 19.1. The number of nitrogens with one attached hydrogen (secondary N) is 1. The molecule has 4 aliphatic rings. The molecule has 214 valence electrons. The molecule has 4 amide bonds. The highest BCUT2D eigenvalue weighted by Crippen LogP contribution is 2.30. The van der Waals surface area contributed by atoms with E-state index in [-0.39, 0.29) is 30.6 Å². The van der Waals surface area contributed by atoms with Gasteiger partial charge in [-0.15, -0.1) is 0 Å². The summed E-state index contributed by atoms with van der Waals surface area (Å²) in [6.07, 6.45) is 2.39. The van der Waals surface area contributed by atoms with Gasteiger partial charge in [0.15, 0.2) is 11.4 Å². The number of fused-ring (bicyclic) bond motifs is 2. The molecule has 7 rings (SSSR count). The van der Waals surface area contributed by atoms with Crippen LogP contribution in [0.4, 0.5) is 15.0 Å². The van der Waals surface area contributed by atoms with Crippen molar-refractivity contribution in [1.29, 1.82) is 0 Å². The van der Waals surface area contributed by atoms with E-state index in [2.05, 4.69) is 31.2 Å². The van der Waals surface area contributed by atoms with Gasteiger partial charge in [-0.25, -0.2) is 19.2 Å². The number of hydrogen-bond acceptors (Lipinski definition) is 8. The van der Waals surface area contributed by atoms with Crippen molar-refractivity contribution in [3.8, 4) is 0 Å². The fraction of sp³-hybridized carbons (Fsp3) is 0.448. The number of urea groups is 1. The number of likely N-dealkylation sites (tertiary alicyclic amines) is 1. The Hall–Kier alpha value is -4.03. The fourth-order valence-corrected chi connectivity index (χ4v) is 6.56. The lowest BCUT2D eigenvalue weighted by molar-refractivity contribution is -0.123. The number of hydrogen-bond donors (Lipinski definition) is 1. The molecule has 41 heavy (non-hydrogen) atoms. The number of imide groups is 1. The van der Waals surface area contributed by atoms with Gasteiger partial charge >= 0.3 is 6.03 Å². The van der Waals surface area contributed by atoms with Gasteiger partial charge in [0.05, 0.1) is 18.5 Å². The van der Waals surface area contributed by atoms with Crippen LogP contribution in [0.25, 0.3) is 11.0 Å². The zero-order chi connectivity index (χ0) is 28.1. The Morgan fingerprint density at radius 3 is 2.51 bits per heavy atom. The largest absolute Gasteiger partial charge is 0.354 e. The Labute approximate surface area is 236 Å². The van der Waals surface area contributed by atoms with Crippen LogP contribution in [0.2, 0.25) is 0 Å². The third-order valence-electron chi connectivity index (χ3n) is 8.79. The molecule has 0 spiro atoms. The van der Waals surface area contributed by atoms with Crippen molar-refractivity contribution in [2.24, 2.45) is 0 Å². The summed E-state index contributed by atoms with van der Waals surface area (Å²) in [6, 6.07) is 10.5. The second kappa shape index (κ2) is 10.4. The van der Waals surface area contributed by atoms with Crippen LogP contribution in [0.3, 0.4) is 0 Å². The normalized spacial score (nSPS) is 21.2. The van der Waals surface area contributed by atoms with Crippen LogP contribution >= 0.6 is 0 Å². The van der Waals surface area contributed by atoms with E-state index in [4.69, 9.17) is 4.52 Å². The van der Waals surface area contributed by atoms with Gasteiger partial charge in [0.1, 0.15) is 5.82 Å². The summed E-state index contributed by atoms with van der Waals surface area (Å²) in [4.78, 5) is 44.0. The number of carbonyl (C=O) groups is 3. The van der Waals surface area contributed by atoms with Crippen molar-refractivity contribution in [3.05, 3.63) is 58.9 Å². The summed E-state index contributed by atoms with van der Waals surface area (Å²) in [5.41, 5.74) is 3.16. The Morgan fingerprint density at radius 2 is 1.73 bits per heavy atom. The maximum absolute atomic E-state index is 13.5. The van der Waals surface area contributed by atoms with E-state index in [9.17, 15) is 18.8 Å². The Morgan fingerprint density at radius 1 is 0.927 bits per heavy atom. The molecule has 0 bridgehead atoms. The van der Waals surface area contributed by atoms with Crippen LogP contribution in [0.1, 0.15) is 40.7 Å². The van der Waals surface area contributed by atoms with Crippen LogP contribution in [0, 0.1) is 5.82 Å². The number of amides is 4. The quantitative estimate of drug-likeness (QED) is 0.507. The van der Waals surface area contributed by atoms with Gasteiger partial charge in [-0.2, -0.15) is 0 Å². The maximum atomic E-state index is 13.5. The van der Waals surface area contributed by atoms with Gasteiger partial charge in [0, 0.05) is 56.8 Å². The number of carbonyl (C=O) groups excluding carboxylic acids is 3. The number of halogens is 1. The van der Waals surface area contributed by atoms with Gasteiger partial charge < -0.3 is 9.42 Å². The number of hydrazine groups is 1. The molecule has 2 aromatic carbocycles. The topological polar surface area (TPSA) is 105 Å². The van der Waals surface area contributed by atoms with Crippen LogP contribution in [-0.2, 0) is 17.9 Å². The zero-order valence-electron chi connectivity index (χ0n) is 22.7. The van der Waals surface area contributed by atoms with Crippen LogP contribution in [0.15, 0.2) is 40.9 Å². The number of piperidine rings is 1. The summed E-state index contributed by atoms with van der Waals surface area (Å²) in [6.45, 7) is 7.01. The molecule has 1 N–H and O–H groups in total. The molecule has 0 unspecified atom stereocenters. The number of nitrogens with zero attached hydrogens (tertiary/aromatic N) is 6. The van der Waals surface area contributed by atoms with Crippen molar-refractivity contribution >= 4 is 34.6 Å². The molecular weight excluding hydrogens is 529 g/mol. The molecule has 0 saturated carbocycles. The van der Waals surface area contributed by atoms with E-state index in [1.165, 1.54) is 22.2 Å². The van der Waals surface area contributed by atoms with Gasteiger partial charge in [-0.1, -0.05) is 17.3 Å². The molecule has 0 atom stereocenters. The molecule has 4 aliphatic heterocycles. The molecule has 0 radical (unpaired) electrons. The predicted octanol–water partition coefficient (Wildman–Crippen LogP) is 2.57. The lowest BCUT2D eigenvalue weighted by atomic mass is 10.0. The molecule has 3 fully saturated rings. The molecular formula is C29H32FN7O4. The third kappa shape index (κ3) is 4.91. The Kier molecular flexibility index (Phi) is 6.58. The second-order valence-electron chi connectivity index (χ2n) is 11.3. The van der Waals surface area contributed by atoms with E-state index >= 15 is 0 Å². The summed E-state index contributed by atoms with van der Waals surface area (Å²) in [5, 5.41) is 10.1. The van der Waals surface area contributed by atoms with Gasteiger partial charge in [0.25, 0.3) is 5.91 Å². The minimum atomic E-state index is -0.546. The monoisotopic (exact) mass is 561 g/mol. The smallest absolute Gasteiger partial charge is 0.342 e. The number of benzene rings is 2. The highest BCUT2D eigenvalue weighted by molar-refractivity contribution is 6.02. The summed E-state index contributed by atoms with van der Waals surface area (Å²) in [5.74, 6) is -0.0504. The summed E-state index contributed by atoms with van der Waals surface area (Å²) in [7, 11) is 0. The molecule has 5 heterocycles. The van der Waals surface area contributed by atoms with Crippen molar-refractivity contribution < 1.29 is 23.3 Å². The maximum Gasteiger partial charge on any atom is 0.342 e. The van der Waals surface area contributed by atoms with Crippen molar-refractivity contribution in [2.75, 3.05) is 50.7 Å². The zero-order valence-corrected chi connectivity index (χ0v) is 22.7. The standard InChI is InChI=1S/C29H32FN7O4/c30-21-2-4-24-25(16-21)41-32-27(24)35-13-11-34(12-14-35)22-5-8-33(9-6-22)17-19-1-3-23-20(15-19)18-37(28(23)39)36-10-7-26(38)31-29(36)40/h1-4,15-16,22H,5-14,17-18H2,(H,31,38,40). The van der Waals surface area contributed by atoms with Crippen LogP contribution < -0.4 is 10.2 Å². The number of piperazine rings is 1. The van der Waals surface area contributed by atoms with Crippen molar-refractivity contribution in [3.63, 3.8) is 0 Å². The minimum Gasteiger partial charge on any atom is -0.354 e. The van der Waals surface area contributed by atoms with Crippen molar-refractivity contribution in [1.82, 2.24) is 30.3 Å². The van der Waals surface area contributed by atoms with Crippen molar-refractivity contribution in [2.45, 2.75) is 38.4 Å². The predicted molar refractivity (Wildman–Crippen MR) is 147 cm³/mol. The van der Waals surface area contributed by atoms with E-state index in [0.717, 1.165) is 81.0 Å². The van der Waals surface area contributed by atoms with E-state index in [1.807, 2.05) is 12.1 Å². The first kappa shape index (κ1) is 25.9. The van der Waals surface area contributed by atoms with Crippen LogP contribution in [0.5, 0.6) is 0 Å².